The fourth-order valence-corrected chi connectivity index (χ4v) is 1.50. The normalized spacial score (nSPS) is 11.5. The molecular formula is C14H22O. The molecule has 1 nitrogen and oxygen atoms in total. The van der Waals surface area contributed by atoms with Gasteiger partial charge in [-0.05, 0) is 51.3 Å². The van der Waals surface area contributed by atoms with Gasteiger partial charge in [0.2, 0.25) is 0 Å². The largest absolute Gasteiger partial charge is 0.488 e. The molecule has 0 aliphatic carbocycles. The summed E-state index contributed by atoms with van der Waals surface area (Å²) in [6.07, 6.45) is 3.64. The topological polar surface area (TPSA) is 9.23 Å². The van der Waals surface area contributed by atoms with E-state index < -0.39 is 0 Å². The Balaban J connectivity index is 2.66. The highest BCUT2D eigenvalue weighted by Gasteiger charge is 2.11. The van der Waals surface area contributed by atoms with Crippen molar-refractivity contribution in [3.63, 3.8) is 0 Å². The first-order valence-electron chi connectivity index (χ1n) is 5.79. The van der Waals surface area contributed by atoms with Gasteiger partial charge in [-0.3, -0.25) is 0 Å². The predicted molar refractivity (Wildman–Crippen MR) is 65.4 cm³/mol. The zero-order valence-electron chi connectivity index (χ0n) is 10.3. The first kappa shape index (κ1) is 12.1. The molecule has 0 saturated heterocycles. The summed E-state index contributed by atoms with van der Waals surface area (Å²) in [4.78, 5) is 0. The van der Waals surface area contributed by atoms with E-state index in [1.807, 2.05) is 6.07 Å². The standard InChI is InChI=1S/C14H22O/c1-5-6-8-12-9-7-10-13(11-12)15-14(2,3)4/h7,9-11H,5-6,8H2,1-4H3. The van der Waals surface area contributed by atoms with E-state index in [4.69, 9.17) is 4.74 Å². The summed E-state index contributed by atoms with van der Waals surface area (Å²) in [5.74, 6) is 0.983. The minimum Gasteiger partial charge on any atom is -0.488 e. The monoisotopic (exact) mass is 206 g/mol. The molecule has 0 aliphatic heterocycles. The maximum absolute atomic E-state index is 5.82. The van der Waals surface area contributed by atoms with Gasteiger partial charge in [-0.25, -0.2) is 0 Å². The first-order valence-corrected chi connectivity index (χ1v) is 5.79. The molecule has 0 spiro atoms. The molecule has 0 atom stereocenters. The SMILES string of the molecule is CCCCc1cccc(OC(C)(C)C)c1. The summed E-state index contributed by atoms with van der Waals surface area (Å²) in [6.45, 7) is 8.44. The lowest BCUT2D eigenvalue weighted by molar-refractivity contribution is 0.131. The fourth-order valence-electron chi connectivity index (χ4n) is 1.50. The van der Waals surface area contributed by atoms with Crippen LogP contribution in [0.2, 0.25) is 0 Å². The molecule has 1 rings (SSSR count). The highest BCUT2D eigenvalue weighted by atomic mass is 16.5. The molecule has 0 unspecified atom stereocenters. The van der Waals surface area contributed by atoms with E-state index in [0.717, 1.165) is 12.2 Å². The molecule has 0 aliphatic rings. The Labute approximate surface area is 93.5 Å². The maximum Gasteiger partial charge on any atom is 0.120 e. The number of rotatable bonds is 4. The van der Waals surface area contributed by atoms with Crippen LogP contribution in [0, 0.1) is 0 Å². The van der Waals surface area contributed by atoms with Gasteiger partial charge in [-0.2, -0.15) is 0 Å². The van der Waals surface area contributed by atoms with Crippen molar-refractivity contribution < 1.29 is 4.74 Å². The van der Waals surface area contributed by atoms with E-state index >= 15 is 0 Å². The van der Waals surface area contributed by atoms with Crippen molar-refractivity contribution in [3.05, 3.63) is 29.8 Å². The fraction of sp³-hybridized carbons (Fsp3) is 0.571. The minimum absolute atomic E-state index is 0.108. The average molecular weight is 206 g/mol. The molecule has 0 radical (unpaired) electrons. The van der Waals surface area contributed by atoms with Gasteiger partial charge >= 0.3 is 0 Å². The second-order valence-corrected chi connectivity index (χ2v) is 4.97. The van der Waals surface area contributed by atoms with Crippen LogP contribution < -0.4 is 4.74 Å². The van der Waals surface area contributed by atoms with Crippen LogP contribution in [0.5, 0.6) is 5.75 Å². The molecule has 84 valence electrons. The number of ether oxygens (including phenoxy) is 1. The minimum atomic E-state index is -0.108. The predicted octanol–water partition coefficient (Wildman–Crippen LogP) is 4.21. The van der Waals surface area contributed by atoms with E-state index in [1.54, 1.807) is 0 Å². The van der Waals surface area contributed by atoms with Crippen LogP contribution in [0.3, 0.4) is 0 Å². The van der Waals surface area contributed by atoms with Crippen LogP contribution in [0.25, 0.3) is 0 Å². The zero-order chi connectivity index (χ0) is 11.3. The third-order valence-corrected chi connectivity index (χ3v) is 2.14. The van der Waals surface area contributed by atoms with Crippen molar-refractivity contribution in [2.45, 2.75) is 52.6 Å². The lowest BCUT2D eigenvalue weighted by Crippen LogP contribution is -2.22. The third kappa shape index (κ3) is 4.87. The first-order chi connectivity index (χ1) is 7.01. The Hall–Kier alpha value is -0.980. The molecule has 15 heavy (non-hydrogen) atoms. The van der Waals surface area contributed by atoms with Gasteiger partial charge in [0.05, 0.1) is 0 Å². The summed E-state index contributed by atoms with van der Waals surface area (Å²) >= 11 is 0. The molecule has 0 aromatic heterocycles. The van der Waals surface area contributed by atoms with Gasteiger partial charge in [0.1, 0.15) is 11.4 Å². The summed E-state index contributed by atoms with van der Waals surface area (Å²) in [7, 11) is 0. The van der Waals surface area contributed by atoms with Crippen molar-refractivity contribution in [1.82, 2.24) is 0 Å². The van der Waals surface area contributed by atoms with Crippen molar-refractivity contribution in [2.75, 3.05) is 0 Å². The highest BCUT2D eigenvalue weighted by molar-refractivity contribution is 5.29. The van der Waals surface area contributed by atoms with Crippen molar-refractivity contribution in [2.24, 2.45) is 0 Å². The Kier molecular flexibility index (Phi) is 4.19. The average Bonchev–Trinajstić information content (AvgIpc) is 2.12. The quantitative estimate of drug-likeness (QED) is 0.717. The molecule has 1 aromatic rings. The van der Waals surface area contributed by atoms with Crippen LogP contribution >= 0.6 is 0 Å². The lowest BCUT2D eigenvalue weighted by atomic mass is 10.1. The van der Waals surface area contributed by atoms with Crippen LogP contribution in [-0.2, 0) is 6.42 Å². The van der Waals surface area contributed by atoms with E-state index in [0.29, 0.717) is 0 Å². The zero-order valence-corrected chi connectivity index (χ0v) is 10.3. The third-order valence-electron chi connectivity index (χ3n) is 2.14. The van der Waals surface area contributed by atoms with Crippen molar-refractivity contribution in [1.29, 1.82) is 0 Å². The number of unbranched alkanes of at least 4 members (excludes halogenated alkanes) is 1. The Morgan fingerprint density at radius 3 is 2.53 bits per heavy atom. The van der Waals surface area contributed by atoms with Gasteiger partial charge in [-0.15, -0.1) is 0 Å². The Morgan fingerprint density at radius 1 is 1.20 bits per heavy atom. The van der Waals surface area contributed by atoms with Gasteiger partial charge < -0.3 is 4.74 Å². The van der Waals surface area contributed by atoms with Gasteiger partial charge in [0.15, 0.2) is 0 Å². The van der Waals surface area contributed by atoms with E-state index in [9.17, 15) is 0 Å². The number of aryl methyl sites for hydroxylation is 1. The van der Waals surface area contributed by atoms with Crippen molar-refractivity contribution in [3.8, 4) is 5.75 Å². The summed E-state index contributed by atoms with van der Waals surface area (Å²) in [5.41, 5.74) is 1.27. The van der Waals surface area contributed by atoms with Crippen molar-refractivity contribution >= 4 is 0 Å². The molecule has 0 heterocycles. The molecule has 0 bridgehead atoms. The van der Waals surface area contributed by atoms with Crippen LogP contribution in [0.1, 0.15) is 46.1 Å². The maximum atomic E-state index is 5.82. The van der Waals surface area contributed by atoms with Gasteiger partial charge in [-0.1, -0.05) is 25.5 Å². The summed E-state index contributed by atoms with van der Waals surface area (Å²) in [5, 5.41) is 0. The molecule has 0 N–H and O–H groups in total. The number of hydrogen-bond acceptors (Lipinski definition) is 1. The second-order valence-electron chi connectivity index (χ2n) is 4.97. The van der Waals surface area contributed by atoms with E-state index in [2.05, 4.69) is 45.9 Å². The molecule has 1 aromatic carbocycles. The lowest BCUT2D eigenvalue weighted by Gasteiger charge is -2.21. The van der Waals surface area contributed by atoms with Gasteiger partial charge in [0.25, 0.3) is 0 Å². The summed E-state index contributed by atoms with van der Waals surface area (Å²) < 4.78 is 5.82. The number of benzene rings is 1. The second kappa shape index (κ2) is 5.20. The van der Waals surface area contributed by atoms with Crippen LogP contribution in [0.15, 0.2) is 24.3 Å². The summed E-state index contributed by atoms with van der Waals surface area (Å²) in [6, 6.07) is 8.43. The Morgan fingerprint density at radius 2 is 1.93 bits per heavy atom. The van der Waals surface area contributed by atoms with Crippen LogP contribution in [0.4, 0.5) is 0 Å². The molecule has 0 saturated carbocycles. The molecule has 0 fully saturated rings. The van der Waals surface area contributed by atoms with Gasteiger partial charge in [0, 0.05) is 0 Å². The molecular weight excluding hydrogens is 184 g/mol. The smallest absolute Gasteiger partial charge is 0.120 e. The highest BCUT2D eigenvalue weighted by Crippen LogP contribution is 2.20. The van der Waals surface area contributed by atoms with E-state index in [-0.39, 0.29) is 5.60 Å². The number of hydrogen-bond donors (Lipinski definition) is 0. The molecule has 0 amide bonds. The Bertz CT molecular complexity index is 296. The van der Waals surface area contributed by atoms with Crippen LogP contribution in [-0.4, -0.2) is 5.60 Å². The van der Waals surface area contributed by atoms with E-state index in [1.165, 1.54) is 18.4 Å². The molecule has 1 heteroatoms.